The quantitative estimate of drug-likeness (QED) is 0.0585. The van der Waals surface area contributed by atoms with Gasteiger partial charge in [0.05, 0.1) is 0 Å². The maximum absolute atomic E-state index is 13.3. The van der Waals surface area contributed by atoms with Gasteiger partial charge in [-0.05, 0) is 36.6 Å². The second-order valence-corrected chi connectivity index (χ2v) is 13.4. The average molecular weight is 676 g/mol. The summed E-state index contributed by atoms with van der Waals surface area (Å²) in [5.74, 6) is -0.527. The number of nitrogens with zero attached hydrogens (tertiary/aromatic N) is 7. The van der Waals surface area contributed by atoms with E-state index in [9.17, 15) is 24.3 Å². The maximum atomic E-state index is 13.3. The zero-order valence-electron chi connectivity index (χ0n) is 23.2. The van der Waals surface area contributed by atoms with Crippen molar-refractivity contribution in [3.05, 3.63) is 11.6 Å². The van der Waals surface area contributed by atoms with Crippen LogP contribution in [0.15, 0.2) is 21.9 Å². The molecule has 2 fully saturated rings. The summed E-state index contributed by atoms with van der Waals surface area (Å²) in [4.78, 5) is 58.6. The Morgan fingerprint density at radius 1 is 1.40 bits per heavy atom. The van der Waals surface area contributed by atoms with Gasteiger partial charge in [0.1, 0.15) is 34.5 Å². The molecule has 0 aliphatic carbocycles. The number of hydrogen-bond donors (Lipinski definition) is 3. The third kappa shape index (κ3) is 7.86. The van der Waals surface area contributed by atoms with E-state index >= 15 is 0 Å². The van der Waals surface area contributed by atoms with Crippen LogP contribution >= 0.6 is 47.7 Å². The molecule has 3 aliphatic rings. The monoisotopic (exact) mass is 675 g/mol. The van der Waals surface area contributed by atoms with Gasteiger partial charge in [-0.3, -0.25) is 19.3 Å². The number of aliphatic carboxylic acids is 1. The minimum atomic E-state index is -1.28. The van der Waals surface area contributed by atoms with Gasteiger partial charge in [0.15, 0.2) is 0 Å². The van der Waals surface area contributed by atoms with Crippen LogP contribution in [0.3, 0.4) is 0 Å². The molecule has 4 N–H and O–H groups in total. The summed E-state index contributed by atoms with van der Waals surface area (Å²) in [6.07, 6.45) is 6.85. The highest BCUT2D eigenvalue weighted by molar-refractivity contribution is 8.02. The normalized spacial score (nSPS) is 24.8. The summed E-state index contributed by atoms with van der Waals surface area (Å²) >= 11 is 3.60. The Labute approximate surface area is 265 Å². The number of terminal acetylenes is 1. The van der Waals surface area contributed by atoms with E-state index < -0.39 is 58.3 Å². The van der Waals surface area contributed by atoms with Crippen LogP contribution in [0.5, 0.6) is 0 Å². The molecular weight excluding hydrogens is 646 g/mol. The summed E-state index contributed by atoms with van der Waals surface area (Å²) in [5, 5.41) is 29.4. The molecule has 16 nitrogen and oxygen atoms in total. The lowest BCUT2D eigenvalue weighted by atomic mass is 9.89. The summed E-state index contributed by atoms with van der Waals surface area (Å²) in [5.41, 5.74) is 3.35. The fourth-order valence-corrected chi connectivity index (χ4v) is 7.45. The molecular formula is C23H30ClN9O7S3. The van der Waals surface area contributed by atoms with E-state index in [2.05, 4.69) is 31.9 Å². The summed E-state index contributed by atoms with van der Waals surface area (Å²) in [6, 6.07) is -0.934. The Kier molecular flexibility index (Phi) is 11.2. The van der Waals surface area contributed by atoms with E-state index in [0.29, 0.717) is 5.16 Å². The van der Waals surface area contributed by atoms with Crippen molar-refractivity contribution in [1.29, 1.82) is 0 Å². The molecule has 1 aromatic rings. The topological polar surface area (TPSA) is 207 Å². The number of tetrazole rings is 1. The molecule has 3 unspecified atom stereocenters. The molecule has 43 heavy (non-hydrogen) atoms. The molecule has 4 rings (SSSR count). The van der Waals surface area contributed by atoms with Crippen LogP contribution in [0.4, 0.5) is 0 Å². The van der Waals surface area contributed by atoms with Crippen LogP contribution < -0.4 is 11.1 Å². The second-order valence-electron chi connectivity index (χ2n) is 10.3. The molecule has 1 aromatic heterocycles. The number of carboxylic acid groups (broad SMARTS) is 1. The summed E-state index contributed by atoms with van der Waals surface area (Å²) in [6.45, 7) is 4.62. The lowest BCUT2D eigenvalue weighted by Crippen LogP contribution is -2.74. The average Bonchev–Trinajstić information content (AvgIpc) is 3.55. The number of nitrogens with one attached hydrogen (secondary N) is 1. The number of nitrogens with two attached hydrogens (primary N) is 1. The predicted octanol–water partition coefficient (Wildman–Crippen LogP) is -0.275. The number of carboxylic acids is 1. The maximum Gasteiger partial charge on any atom is 0.347 e. The van der Waals surface area contributed by atoms with Crippen molar-refractivity contribution in [1.82, 2.24) is 35.3 Å². The Bertz CT molecular complexity index is 1350. The van der Waals surface area contributed by atoms with Gasteiger partial charge in [0.25, 0.3) is 5.91 Å². The van der Waals surface area contributed by atoms with Crippen molar-refractivity contribution in [2.24, 2.45) is 16.3 Å². The highest BCUT2D eigenvalue weighted by atomic mass is 35.5. The fraction of sp³-hybridized carbons (Fsp3) is 0.565. The smallest absolute Gasteiger partial charge is 0.347 e. The number of halogens is 1. The minimum absolute atomic E-state index is 0. The van der Waals surface area contributed by atoms with E-state index in [1.54, 1.807) is 26.2 Å². The lowest BCUT2D eigenvalue weighted by molar-refractivity contribution is -0.160. The van der Waals surface area contributed by atoms with Gasteiger partial charge in [0, 0.05) is 24.3 Å². The Balaban J connectivity index is 0.00000506. The van der Waals surface area contributed by atoms with Crippen molar-refractivity contribution in [3.63, 3.8) is 0 Å². The summed E-state index contributed by atoms with van der Waals surface area (Å²) in [7, 11) is 0. The highest BCUT2D eigenvalue weighted by Gasteiger charge is 2.57. The Hall–Kier alpha value is -3.18. The second kappa shape index (κ2) is 14.1. The first-order valence-electron chi connectivity index (χ1n) is 12.4. The van der Waals surface area contributed by atoms with Crippen LogP contribution in [0.25, 0.3) is 0 Å². The third-order valence-corrected chi connectivity index (χ3v) is 9.64. The molecule has 4 atom stereocenters. The number of rotatable bonds is 9. The molecule has 2 saturated heterocycles. The SMILES string of the molecule is C#CCn1nnnc1SCC1(C(=O)O)CS[C@@H]2C(NC(=O)C(=NOCC(=O)OC(C)(C)C)N3C=CSC3N)C(=O)N2C1.Cl. The lowest BCUT2D eigenvalue weighted by Gasteiger charge is -2.53. The zero-order chi connectivity index (χ0) is 30.7. The van der Waals surface area contributed by atoms with Crippen molar-refractivity contribution >= 4 is 77.3 Å². The molecule has 0 saturated carbocycles. The fourth-order valence-electron chi connectivity index (χ4n) is 4.05. The number of oxime groups is 1. The van der Waals surface area contributed by atoms with Crippen LogP contribution in [0, 0.1) is 17.8 Å². The van der Waals surface area contributed by atoms with Crippen LogP contribution in [-0.4, -0.2) is 112 Å². The van der Waals surface area contributed by atoms with E-state index in [0.717, 1.165) is 11.8 Å². The highest BCUT2D eigenvalue weighted by Crippen LogP contribution is 2.44. The van der Waals surface area contributed by atoms with Gasteiger partial charge >= 0.3 is 11.9 Å². The first-order chi connectivity index (χ1) is 19.8. The van der Waals surface area contributed by atoms with Gasteiger partial charge in [-0.1, -0.05) is 34.6 Å². The van der Waals surface area contributed by atoms with Crippen LogP contribution in [0.1, 0.15) is 20.8 Å². The Morgan fingerprint density at radius 2 is 2.14 bits per heavy atom. The van der Waals surface area contributed by atoms with Crippen molar-refractivity contribution in [3.8, 4) is 12.3 Å². The van der Waals surface area contributed by atoms with Crippen LogP contribution in [-0.2, 0) is 35.3 Å². The van der Waals surface area contributed by atoms with E-state index in [4.69, 9.17) is 21.7 Å². The number of carbonyl (C=O) groups excluding carboxylic acids is 3. The summed E-state index contributed by atoms with van der Waals surface area (Å²) < 4.78 is 6.56. The number of carbonyl (C=O) groups is 4. The molecule has 0 aromatic carbocycles. The van der Waals surface area contributed by atoms with E-state index in [1.807, 2.05) is 0 Å². The number of hydrogen-bond acceptors (Lipinski definition) is 14. The zero-order valence-corrected chi connectivity index (χ0v) is 26.5. The van der Waals surface area contributed by atoms with E-state index in [-0.39, 0.29) is 42.8 Å². The largest absolute Gasteiger partial charge is 0.481 e. The number of aromatic nitrogens is 4. The number of amides is 2. The molecule has 234 valence electrons. The Morgan fingerprint density at radius 3 is 2.77 bits per heavy atom. The molecule has 0 radical (unpaired) electrons. The number of esters is 1. The standard InChI is InChI=1S/C23H29N9O7S3.ClH/c1-5-6-32-21(26-28-29-32)42-12-23(19(36)37)10-31-17(35)14(18(31)41-11-23)25-16(34)15(30-7-8-40-20(30)24)27-38-9-13(33)39-22(2,3)4;/h1,7-8,14,18,20H,6,9-12,24H2,2-4H3,(H,25,34)(H,36,37);1H/t14?,18-,20?,23?;/m1./s1. The number of β-lactam (4-membered cyclic amide) rings is 1. The first-order valence-corrected chi connectivity index (χ1v) is 15.4. The molecule has 20 heteroatoms. The number of ether oxygens (including phenoxy) is 1. The van der Waals surface area contributed by atoms with Gasteiger partial charge in [-0.15, -0.1) is 35.7 Å². The molecule has 4 heterocycles. The van der Waals surface area contributed by atoms with Gasteiger partial charge in [-0.25, -0.2) is 9.48 Å². The third-order valence-electron chi connectivity index (χ3n) is 6.02. The molecule has 3 aliphatic heterocycles. The van der Waals surface area contributed by atoms with Gasteiger partial charge in [0.2, 0.25) is 23.5 Å². The van der Waals surface area contributed by atoms with Gasteiger partial charge < -0.3 is 30.6 Å². The molecule has 0 spiro atoms. The minimum Gasteiger partial charge on any atom is -0.481 e. The number of fused-ring (bicyclic) bond motifs is 1. The molecule has 2 amide bonds. The van der Waals surface area contributed by atoms with Crippen molar-refractivity contribution < 1.29 is 33.9 Å². The van der Waals surface area contributed by atoms with Crippen molar-refractivity contribution in [2.75, 3.05) is 24.7 Å². The number of thioether (sulfide) groups is 3. The first kappa shape index (κ1) is 34.3. The van der Waals surface area contributed by atoms with Crippen molar-refractivity contribution in [2.45, 2.75) is 55.0 Å². The number of amidine groups is 1. The van der Waals surface area contributed by atoms with Gasteiger partial charge in [-0.2, -0.15) is 0 Å². The molecule has 0 bridgehead atoms. The predicted molar refractivity (Wildman–Crippen MR) is 160 cm³/mol. The van der Waals surface area contributed by atoms with Crippen LogP contribution in [0.2, 0.25) is 0 Å². The van der Waals surface area contributed by atoms with E-state index in [1.165, 1.54) is 44.2 Å².